The SMILES string of the molecule is C#C/C=C(\C=C/CN)COC=O.CC.CC.CNc1ccc(COC=O)cc1. The normalized spacial score (nSPS) is 9.11. The number of nitrogens with two attached hydrogens (primary N) is 1. The van der Waals surface area contributed by atoms with Gasteiger partial charge in [-0.05, 0) is 29.3 Å². The van der Waals surface area contributed by atoms with E-state index in [-0.39, 0.29) is 6.61 Å². The lowest BCUT2D eigenvalue weighted by Gasteiger charge is -2.01. The monoisotopic (exact) mass is 390 g/mol. The molecule has 1 aromatic rings. The van der Waals surface area contributed by atoms with Crippen LogP contribution in [0.5, 0.6) is 0 Å². The van der Waals surface area contributed by atoms with Crippen molar-refractivity contribution in [3.63, 3.8) is 0 Å². The van der Waals surface area contributed by atoms with Crippen molar-refractivity contribution in [2.24, 2.45) is 5.73 Å². The van der Waals surface area contributed by atoms with Gasteiger partial charge in [-0.3, -0.25) is 9.59 Å². The van der Waals surface area contributed by atoms with Gasteiger partial charge in [-0.1, -0.05) is 57.9 Å². The van der Waals surface area contributed by atoms with Gasteiger partial charge in [0, 0.05) is 19.3 Å². The number of carbonyl (C=O) groups is 2. The molecule has 0 aliphatic rings. The van der Waals surface area contributed by atoms with Crippen LogP contribution in [0.3, 0.4) is 0 Å². The summed E-state index contributed by atoms with van der Waals surface area (Å²) in [5.41, 5.74) is 8.00. The smallest absolute Gasteiger partial charge is 0.293 e. The van der Waals surface area contributed by atoms with E-state index >= 15 is 0 Å². The molecule has 1 rings (SSSR count). The molecule has 0 saturated carbocycles. The molecule has 156 valence electrons. The number of hydrogen-bond acceptors (Lipinski definition) is 6. The number of terminal acetylenes is 1. The van der Waals surface area contributed by atoms with Crippen LogP contribution >= 0.6 is 0 Å². The molecular weight excluding hydrogens is 356 g/mol. The second kappa shape index (κ2) is 26.2. The molecule has 0 radical (unpaired) electrons. The van der Waals surface area contributed by atoms with E-state index in [2.05, 4.69) is 20.7 Å². The van der Waals surface area contributed by atoms with Crippen LogP contribution in [0.1, 0.15) is 33.3 Å². The van der Waals surface area contributed by atoms with Gasteiger partial charge in [0.15, 0.2) is 0 Å². The Bertz CT molecular complexity index is 573. The van der Waals surface area contributed by atoms with Crippen molar-refractivity contribution in [3.05, 3.63) is 53.6 Å². The van der Waals surface area contributed by atoms with Crippen molar-refractivity contribution in [2.75, 3.05) is 25.5 Å². The second-order valence-corrected chi connectivity index (χ2v) is 4.29. The lowest BCUT2D eigenvalue weighted by atomic mass is 10.2. The average Bonchev–Trinajstić information content (AvgIpc) is 2.77. The lowest BCUT2D eigenvalue weighted by Crippen LogP contribution is -1.96. The zero-order valence-electron chi connectivity index (χ0n) is 17.6. The van der Waals surface area contributed by atoms with Gasteiger partial charge in [0.2, 0.25) is 0 Å². The quantitative estimate of drug-likeness (QED) is 0.380. The van der Waals surface area contributed by atoms with Gasteiger partial charge in [-0.25, -0.2) is 0 Å². The van der Waals surface area contributed by atoms with E-state index in [0.29, 0.717) is 26.1 Å². The third kappa shape index (κ3) is 19.3. The zero-order valence-corrected chi connectivity index (χ0v) is 17.6. The Hall–Kier alpha value is -3.04. The first-order valence-corrected chi connectivity index (χ1v) is 9.10. The maximum Gasteiger partial charge on any atom is 0.293 e. The number of ether oxygens (including phenoxy) is 2. The molecule has 0 amide bonds. The third-order valence-electron chi connectivity index (χ3n) is 2.62. The Labute approximate surface area is 169 Å². The predicted molar refractivity (Wildman–Crippen MR) is 117 cm³/mol. The highest BCUT2D eigenvalue weighted by atomic mass is 16.5. The van der Waals surface area contributed by atoms with Crippen LogP contribution in [0, 0.1) is 12.3 Å². The molecule has 0 aliphatic heterocycles. The van der Waals surface area contributed by atoms with Crippen LogP contribution in [0.2, 0.25) is 0 Å². The molecular formula is C22H34N2O4. The third-order valence-corrected chi connectivity index (χ3v) is 2.62. The Kier molecular flexibility index (Phi) is 27.8. The van der Waals surface area contributed by atoms with E-state index in [0.717, 1.165) is 16.8 Å². The molecule has 6 heteroatoms. The predicted octanol–water partition coefficient (Wildman–Crippen LogP) is 3.69. The number of anilines is 1. The number of hydrogen-bond donors (Lipinski definition) is 2. The average molecular weight is 391 g/mol. The van der Waals surface area contributed by atoms with Crippen molar-refractivity contribution in [1.29, 1.82) is 0 Å². The fourth-order valence-corrected chi connectivity index (χ4v) is 1.49. The van der Waals surface area contributed by atoms with Crippen LogP contribution < -0.4 is 11.1 Å². The lowest BCUT2D eigenvalue weighted by molar-refractivity contribution is -0.130. The van der Waals surface area contributed by atoms with E-state index < -0.39 is 0 Å². The standard InChI is InChI=1S/2C9H11NO2.2C2H6/c1-10-9-4-2-8(3-5-9)6-12-7-11;1-2-4-9(5-3-6-10)7-12-8-11;2*1-2/h2-5,7,10H,6H2,1H3;1,3-5,8H,6-7,10H2;2*1-2H3/b;5-3-,9-4+;;. The molecule has 0 saturated heterocycles. The van der Waals surface area contributed by atoms with E-state index in [1.165, 1.54) is 6.08 Å². The molecule has 0 atom stereocenters. The second-order valence-electron chi connectivity index (χ2n) is 4.29. The summed E-state index contributed by atoms with van der Waals surface area (Å²) in [5.74, 6) is 2.34. The number of carbonyl (C=O) groups excluding carboxylic acids is 2. The maximum absolute atomic E-state index is 9.87. The fourth-order valence-electron chi connectivity index (χ4n) is 1.49. The Morgan fingerprint density at radius 3 is 2.11 bits per heavy atom. The van der Waals surface area contributed by atoms with Crippen LogP contribution in [0.4, 0.5) is 5.69 Å². The van der Waals surface area contributed by atoms with Crippen molar-refractivity contribution in [2.45, 2.75) is 34.3 Å². The molecule has 0 aliphatic carbocycles. The highest BCUT2D eigenvalue weighted by Gasteiger charge is 1.92. The summed E-state index contributed by atoms with van der Waals surface area (Å²) < 4.78 is 9.10. The first-order chi connectivity index (χ1) is 13.7. The maximum atomic E-state index is 9.87. The van der Waals surface area contributed by atoms with E-state index in [1.54, 1.807) is 12.2 Å². The molecule has 28 heavy (non-hydrogen) atoms. The molecule has 3 N–H and O–H groups in total. The van der Waals surface area contributed by atoms with Crippen molar-refractivity contribution in [3.8, 4) is 12.3 Å². The summed E-state index contributed by atoms with van der Waals surface area (Å²) in [6, 6.07) is 7.69. The minimum Gasteiger partial charge on any atom is -0.463 e. The summed E-state index contributed by atoms with van der Waals surface area (Å²) in [5, 5.41) is 3.00. The number of rotatable bonds is 9. The van der Waals surface area contributed by atoms with Gasteiger partial charge in [-0.15, -0.1) is 6.42 Å². The van der Waals surface area contributed by atoms with Crippen LogP contribution in [0.25, 0.3) is 0 Å². The van der Waals surface area contributed by atoms with Gasteiger partial charge in [0.25, 0.3) is 12.9 Å². The molecule has 0 spiro atoms. The molecule has 6 nitrogen and oxygen atoms in total. The Morgan fingerprint density at radius 2 is 1.68 bits per heavy atom. The molecule has 0 unspecified atom stereocenters. The largest absolute Gasteiger partial charge is 0.463 e. The Morgan fingerprint density at radius 1 is 1.11 bits per heavy atom. The minimum atomic E-state index is 0.185. The van der Waals surface area contributed by atoms with Crippen LogP contribution in [0.15, 0.2) is 48.1 Å². The number of nitrogens with one attached hydrogen (secondary N) is 1. The summed E-state index contributed by atoms with van der Waals surface area (Å²) >= 11 is 0. The highest BCUT2D eigenvalue weighted by Crippen LogP contribution is 2.08. The van der Waals surface area contributed by atoms with Gasteiger partial charge in [0.1, 0.15) is 13.2 Å². The number of benzene rings is 1. The summed E-state index contributed by atoms with van der Waals surface area (Å²) in [4.78, 5) is 19.7. The van der Waals surface area contributed by atoms with E-state index in [1.807, 2.05) is 59.0 Å². The highest BCUT2D eigenvalue weighted by molar-refractivity contribution is 5.44. The molecule has 0 heterocycles. The van der Waals surface area contributed by atoms with Gasteiger partial charge < -0.3 is 20.5 Å². The zero-order chi connectivity index (χ0) is 22.0. The summed E-state index contributed by atoms with van der Waals surface area (Å²) in [6.07, 6.45) is 10.0. The first-order valence-electron chi connectivity index (χ1n) is 9.10. The topological polar surface area (TPSA) is 90.7 Å². The minimum absolute atomic E-state index is 0.185. The molecule has 0 fully saturated rings. The first kappa shape index (κ1) is 29.7. The van der Waals surface area contributed by atoms with E-state index in [9.17, 15) is 9.59 Å². The van der Waals surface area contributed by atoms with Crippen LogP contribution in [-0.2, 0) is 25.7 Å². The number of allylic oxidation sites excluding steroid dienone is 1. The van der Waals surface area contributed by atoms with Crippen LogP contribution in [-0.4, -0.2) is 33.1 Å². The van der Waals surface area contributed by atoms with Crippen molar-refractivity contribution < 1.29 is 19.1 Å². The van der Waals surface area contributed by atoms with Crippen molar-refractivity contribution in [1.82, 2.24) is 0 Å². The summed E-state index contributed by atoms with van der Waals surface area (Å²) in [6.45, 7) is 9.79. The summed E-state index contributed by atoms with van der Waals surface area (Å²) in [7, 11) is 1.86. The molecule has 0 aromatic heterocycles. The van der Waals surface area contributed by atoms with Gasteiger partial charge in [0.05, 0.1) is 0 Å². The van der Waals surface area contributed by atoms with Gasteiger partial charge >= 0.3 is 0 Å². The Balaban J connectivity index is -0.000000379. The molecule has 1 aromatic carbocycles. The molecule has 0 bridgehead atoms. The van der Waals surface area contributed by atoms with E-state index in [4.69, 9.17) is 12.2 Å². The fraction of sp³-hybridized carbons (Fsp3) is 0.364. The van der Waals surface area contributed by atoms with Crippen molar-refractivity contribution >= 4 is 18.6 Å². The van der Waals surface area contributed by atoms with Gasteiger partial charge in [-0.2, -0.15) is 0 Å².